The van der Waals surface area contributed by atoms with E-state index >= 15 is 0 Å². The third-order valence-corrected chi connectivity index (χ3v) is 2.70. The number of pyridine rings is 1. The molecule has 2 heterocycles. The van der Waals surface area contributed by atoms with Crippen LogP contribution in [0.4, 0.5) is 0 Å². The molecule has 3 heteroatoms. The monoisotopic (exact) mass is 192 g/mol. The first-order valence-electron chi connectivity index (χ1n) is 5.11. The van der Waals surface area contributed by atoms with Gasteiger partial charge >= 0.3 is 0 Å². The number of likely N-dealkylation sites (tertiary alicyclic amines) is 1. The molecular formula is C11H16N2O. The van der Waals surface area contributed by atoms with Crippen LogP contribution in [0.25, 0.3) is 0 Å². The molecule has 76 valence electrons. The molecule has 0 radical (unpaired) electrons. The molecule has 0 aliphatic carbocycles. The van der Waals surface area contributed by atoms with Gasteiger partial charge in [0.25, 0.3) is 0 Å². The quantitative estimate of drug-likeness (QED) is 0.756. The Bertz CT molecular complexity index is 270. The zero-order valence-electron chi connectivity index (χ0n) is 8.26. The Morgan fingerprint density at radius 2 is 2.29 bits per heavy atom. The molecule has 1 aromatic heterocycles. The van der Waals surface area contributed by atoms with Crippen LogP contribution < -0.4 is 0 Å². The molecule has 1 fully saturated rings. The Hall–Kier alpha value is -0.930. The fourth-order valence-electron chi connectivity index (χ4n) is 1.79. The van der Waals surface area contributed by atoms with Crippen LogP contribution in [0.3, 0.4) is 0 Å². The Balaban J connectivity index is 1.69. The minimum absolute atomic E-state index is 0.333. The van der Waals surface area contributed by atoms with E-state index in [0.717, 1.165) is 31.7 Å². The topological polar surface area (TPSA) is 36.4 Å². The molecule has 0 bridgehead atoms. The zero-order chi connectivity index (χ0) is 9.80. The summed E-state index contributed by atoms with van der Waals surface area (Å²) < 4.78 is 0. The predicted molar refractivity (Wildman–Crippen MR) is 55.0 cm³/mol. The minimum atomic E-state index is 0.333. The van der Waals surface area contributed by atoms with Crippen LogP contribution in [-0.2, 0) is 6.42 Å². The van der Waals surface area contributed by atoms with Crippen LogP contribution in [0.1, 0.15) is 5.69 Å². The van der Waals surface area contributed by atoms with Crippen molar-refractivity contribution in [3.63, 3.8) is 0 Å². The summed E-state index contributed by atoms with van der Waals surface area (Å²) in [4.78, 5) is 6.63. The van der Waals surface area contributed by atoms with Gasteiger partial charge in [-0.3, -0.25) is 4.98 Å². The van der Waals surface area contributed by atoms with Gasteiger partial charge in [0.15, 0.2) is 0 Å². The van der Waals surface area contributed by atoms with Gasteiger partial charge in [-0.2, -0.15) is 0 Å². The average Bonchev–Trinajstić information content (AvgIpc) is 2.17. The van der Waals surface area contributed by atoms with E-state index in [1.54, 1.807) is 0 Å². The van der Waals surface area contributed by atoms with Crippen molar-refractivity contribution in [3.8, 4) is 0 Å². The molecule has 2 rings (SSSR count). The third kappa shape index (κ3) is 2.30. The van der Waals surface area contributed by atoms with Gasteiger partial charge in [-0.05, 0) is 12.1 Å². The van der Waals surface area contributed by atoms with E-state index in [1.807, 2.05) is 18.3 Å². The lowest BCUT2D eigenvalue weighted by atomic mass is 10.0. The van der Waals surface area contributed by atoms with Crippen LogP contribution in [0.5, 0.6) is 0 Å². The summed E-state index contributed by atoms with van der Waals surface area (Å²) in [5.74, 6) is 0.513. The summed E-state index contributed by atoms with van der Waals surface area (Å²) in [5, 5.41) is 8.85. The molecule has 3 nitrogen and oxygen atoms in total. The van der Waals surface area contributed by atoms with Gasteiger partial charge in [-0.15, -0.1) is 0 Å². The molecule has 0 atom stereocenters. The number of aliphatic hydroxyl groups is 1. The first kappa shape index (κ1) is 9.62. The number of hydrogen-bond donors (Lipinski definition) is 1. The molecule has 14 heavy (non-hydrogen) atoms. The molecular weight excluding hydrogens is 176 g/mol. The van der Waals surface area contributed by atoms with Gasteiger partial charge in [0.1, 0.15) is 0 Å². The zero-order valence-corrected chi connectivity index (χ0v) is 8.26. The van der Waals surface area contributed by atoms with Crippen molar-refractivity contribution in [2.75, 3.05) is 26.2 Å². The van der Waals surface area contributed by atoms with Gasteiger partial charge in [-0.25, -0.2) is 0 Å². The van der Waals surface area contributed by atoms with Crippen LogP contribution in [0, 0.1) is 5.92 Å². The van der Waals surface area contributed by atoms with Crippen molar-refractivity contribution in [1.29, 1.82) is 0 Å². The molecule has 0 saturated carbocycles. The Kier molecular flexibility index (Phi) is 3.11. The number of aliphatic hydroxyl groups excluding tert-OH is 1. The van der Waals surface area contributed by atoms with E-state index in [-0.39, 0.29) is 0 Å². The summed E-state index contributed by atoms with van der Waals surface area (Å²) in [7, 11) is 0. The number of rotatable bonds is 4. The highest BCUT2D eigenvalue weighted by Gasteiger charge is 2.24. The first-order valence-corrected chi connectivity index (χ1v) is 5.11. The molecule has 1 aromatic rings. The summed E-state index contributed by atoms with van der Waals surface area (Å²) in [6, 6.07) is 6.02. The minimum Gasteiger partial charge on any atom is -0.396 e. The molecule has 0 spiro atoms. The second-order valence-electron chi connectivity index (χ2n) is 3.88. The Labute approximate surface area is 84.4 Å². The highest BCUT2D eigenvalue weighted by molar-refractivity contribution is 5.04. The standard InChI is InChI=1S/C11H16N2O/c14-9-10-7-13(8-10)6-4-11-3-1-2-5-12-11/h1-3,5,10,14H,4,6-9H2. The maximum absolute atomic E-state index is 8.85. The largest absolute Gasteiger partial charge is 0.396 e. The smallest absolute Gasteiger partial charge is 0.0483 e. The second-order valence-corrected chi connectivity index (χ2v) is 3.88. The van der Waals surface area contributed by atoms with Crippen LogP contribution in [-0.4, -0.2) is 41.2 Å². The summed E-state index contributed by atoms with van der Waals surface area (Å²) in [6.45, 7) is 3.49. The van der Waals surface area contributed by atoms with Gasteiger partial charge in [0, 0.05) is 50.5 Å². The lowest BCUT2D eigenvalue weighted by Gasteiger charge is -2.38. The number of aromatic nitrogens is 1. The Morgan fingerprint density at radius 3 is 2.93 bits per heavy atom. The average molecular weight is 192 g/mol. The van der Waals surface area contributed by atoms with E-state index in [0.29, 0.717) is 12.5 Å². The van der Waals surface area contributed by atoms with Crippen molar-refractivity contribution in [2.45, 2.75) is 6.42 Å². The van der Waals surface area contributed by atoms with Crippen LogP contribution in [0.15, 0.2) is 24.4 Å². The molecule has 0 aromatic carbocycles. The Morgan fingerprint density at radius 1 is 1.43 bits per heavy atom. The highest BCUT2D eigenvalue weighted by atomic mass is 16.3. The van der Waals surface area contributed by atoms with Gasteiger partial charge in [0.05, 0.1) is 0 Å². The van der Waals surface area contributed by atoms with E-state index in [4.69, 9.17) is 5.11 Å². The van der Waals surface area contributed by atoms with Crippen LogP contribution >= 0.6 is 0 Å². The summed E-state index contributed by atoms with van der Waals surface area (Å²) in [6.07, 6.45) is 2.85. The number of hydrogen-bond acceptors (Lipinski definition) is 3. The number of nitrogens with zero attached hydrogens (tertiary/aromatic N) is 2. The van der Waals surface area contributed by atoms with Gasteiger partial charge in [0.2, 0.25) is 0 Å². The molecule has 1 aliphatic heterocycles. The summed E-state index contributed by atoms with van der Waals surface area (Å²) in [5.41, 5.74) is 1.15. The van der Waals surface area contributed by atoms with Gasteiger partial charge in [-0.1, -0.05) is 6.07 Å². The van der Waals surface area contributed by atoms with E-state index in [2.05, 4.69) is 16.0 Å². The normalized spacial score (nSPS) is 18.1. The third-order valence-electron chi connectivity index (χ3n) is 2.70. The first-order chi connectivity index (χ1) is 6.88. The maximum atomic E-state index is 8.85. The van der Waals surface area contributed by atoms with E-state index < -0.39 is 0 Å². The summed E-state index contributed by atoms with van der Waals surface area (Å²) >= 11 is 0. The van der Waals surface area contributed by atoms with E-state index in [9.17, 15) is 0 Å². The van der Waals surface area contributed by atoms with Crippen molar-refractivity contribution >= 4 is 0 Å². The molecule has 0 amide bonds. The molecule has 1 aliphatic rings. The van der Waals surface area contributed by atoms with Crippen molar-refractivity contribution < 1.29 is 5.11 Å². The van der Waals surface area contributed by atoms with Crippen molar-refractivity contribution in [1.82, 2.24) is 9.88 Å². The molecule has 0 unspecified atom stereocenters. The van der Waals surface area contributed by atoms with E-state index in [1.165, 1.54) is 0 Å². The lowest BCUT2D eigenvalue weighted by Crippen LogP contribution is -2.48. The van der Waals surface area contributed by atoms with Crippen molar-refractivity contribution in [3.05, 3.63) is 30.1 Å². The second kappa shape index (κ2) is 4.53. The highest BCUT2D eigenvalue weighted by Crippen LogP contribution is 2.14. The van der Waals surface area contributed by atoms with Crippen LogP contribution in [0.2, 0.25) is 0 Å². The lowest BCUT2D eigenvalue weighted by molar-refractivity contribution is 0.0549. The fraction of sp³-hybridized carbons (Fsp3) is 0.545. The maximum Gasteiger partial charge on any atom is 0.0483 e. The van der Waals surface area contributed by atoms with Crippen molar-refractivity contribution in [2.24, 2.45) is 5.92 Å². The molecule has 1 N–H and O–H groups in total. The SMILES string of the molecule is OCC1CN(CCc2ccccn2)C1. The van der Waals surface area contributed by atoms with Gasteiger partial charge < -0.3 is 10.0 Å². The predicted octanol–water partition coefficient (Wildman–Crippen LogP) is 0.548. The fourth-order valence-corrected chi connectivity index (χ4v) is 1.79. The molecule has 1 saturated heterocycles.